The Morgan fingerprint density at radius 3 is 2.83 bits per heavy atom. The number of fused-ring (bicyclic) bond motifs is 1. The predicted molar refractivity (Wildman–Crippen MR) is 98.2 cm³/mol. The molecule has 0 radical (unpaired) electrons. The molecular formula is C19H21FN4O5. The molecule has 154 valence electrons. The molecular weight excluding hydrogens is 383 g/mol. The molecule has 0 spiro atoms. The van der Waals surface area contributed by atoms with Crippen LogP contribution in [0.25, 0.3) is 0 Å². The molecule has 1 unspecified atom stereocenters. The minimum absolute atomic E-state index is 0.300. The van der Waals surface area contributed by atoms with Crippen LogP contribution < -0.4 is 5.32 Å². The van der Waals surface area contributed by atoms with Gasteiger partial charge in [-0.3, -0.25) is 4.79 Å². The zero-order chi connectivity index (χ0) is 21.0. The van der Waals surface area contributed by atoms with Crippen molar-refractivity contribution in [3.63, 3.8) is 0 Å². The zero-order valence-electron chi connectivity index (χ0n) is 16.0. The molecule has 3 rings (SSSR count). The van der Waals surface area contributed by atoms with E-state index in [1.54, 1.807) is 12.1 Å². The van der Waals surface area contributed by atoms with Gasteiger partial charge in [0.15, 0.2) is 0 Å². The Labute approximate surface area is 166 Å². The van der Waals surface area contributed by atoms with Gasteiger partial charge in [0.2, 0.25) is 0 Å². The fourth-order valence-corrected chi connectivity index (χ4v) is 3.33. The smallest absolute Gasteiger partial charge is 0.329 e. The zero-order valence-corrected chi connectivity index (χ0v) is 16.0. The van der Waals surface area contributed by atoms with E-state index in [0.717, 1.165) is 12.8 Å². The van der Waals surface area contributed by atoms with Crippen molar-refractivity contribution < 1.29 is 28.2 Å². The fourth-order valence-electron chi connectivity index (χ4n) is 3.33. The van der Waals surface area contributed by atoms with Crippen molar-refractivity contribution in [2.75, 3.05) is 20.8 Å². The molecule has 2 aromatic rings. The number of nitrogens with zero attached hydrogens (tertiary/aromatic N) is 2. The molecule has 2 N–H and O–H groups in total. The van der Waals surface area contributed by atoms with E-state index >= 15 is 0 Å². The van der Waals surface area contributed by atoms with Crippen molar-refractivity contribution >= 4 is 18.0 Å². The van der Waals surface area contributed by atoms with Crippen LogP contribution in [-0.2, 0) is 25.5 Å². The molecule has 1 aromatic heterocycles. The molecule has 2 atom stereocenters. The Hall–Kier alpha value is -3.43. The highest BCUT2D eigenvalue weighted by Crippen LogP contribution is 2.33. The third-order valence-corrected chi connectivity index (χ3v) is 4.73. The number of aromatic amines is 1. The van der Waals surface area contributed by atoms with E-state index in [4.69, 9.17) is 0 Å². The van der Waals surface area contributed by atoms with E-state index in [1.807, 2.05) is 0 Å². The number of imidazole rings is 1. The number of amides is 2. The van der Waals surface area contributed by atoms with Crippen LogP contribution in [0, 0.1) is 5.82 Å². The largest absolute Gasteiger partial charge is 0.469 e. The SMILES string of the molecule is COC(=O)C[C@H](NC(=O)N1CCc2[nH]cnc2C1c1cccc(F)c1)C(=O)OC. The van der Waals surface area contributed by atoms with Gasteiger partial charge >= 0.3 is 18.0 Å². The Bertz CT molecular complexity index is 916. The van der Waals surface area contributed by atoms with Crippen LogP contribution in [0.4, 0.5) is 9.18 Å². The lowest BCUT2D eigenvalue weighted by Gasteiger charge is -2.36. The number of benzene rings is 1. The summed E-state index contributed by atoms with van der Waals surface area (Å²) >= 11 is 0. The third-order valence-electron chi connectivity index (χ3n) is 4.73. The molecule has 1 aliphatic heterocycles. The van der Waals surface area contributed by atoms with Gasteiger partial charge in [0.1, 0.15) is 17.9 Å². The van der Waals surface area contributed by atoms with E-state index in [-0.39, 0.29) is 6.42 Å². The highest BCUT2D eigenvalue weighted by molar-refractivity contribution is 5.87. The van der Waals surface area contributed by atoms with Gasteiger partial charge in [-0.2, -0.15) is 0 Å². The highest BCUT2D eigenvalue weighted by atomic mass is 19.1. The van der Waals surface area contributed by atoms with Gasteiger partial charge < -0.3 is 24.7 Å². The first-order valence-corrected chi connectivity index (χ1v) is 8.94. The molecule has 9 nitrogen and oxygen atoms in total. The summed E-state index contributed by atoms with van der Waals surface area (Å²) in [5.74, 6) is -1.89. The Kier molecular flexibility index (Phi) is 6.10. The van der Waals surface area contributed by atoms with Crippen molar-refractivity contribution in [1.29, 1.82) is 0 Å². The summed E-state index contributed by atoms with van der Waals surface area (Å²) in [6, 6.07) is 3.42. The van der Waals surface area contributed by atoms with E-state index < -0.39 is 35.9 Å². The highest BCUT2D eigenvalue weighted by Gasteiger charge is 2.36. The van der Waals surface area contributed by atoms with E-state index in [0.29, 0.717) is 24.2 Å². The molecule has 0 bridgehead atoms. The number of carbonyl (C=O) groups excluding carboxylic acids is 3. The van der Waals surface area contributed by atoms with E-state index in [1.165, 1.54) is 30.5 Å². The summed E-state index contributed by atoms with van der Waals surface area (Å²) < 4.78 is 23.1. The first-order chi connectivity index (χ1) is 13.9. The van der Waals surface area contributed by atoms with Gasteiger partial charge in [-0.15, -0.1) is 0 Å². The molecule has 2 amide bonds. The number of hydrogen-bond acceptors (Lipinski definition) is 6. The summed E-state index contributed by atoms with van der Waals surface area (Å²) in [4.78, 5) is 45.4. The normalized spacial score (nSPS) is 16.5. The molecule has 0 fully saturated rings. The lowest BCUT2D eigenvalue weighted by atomic mass is 9.96. The van der Waals surface area contributed by atoms with Crippen LogP contribution in [0.5, 0.6) is 0 Å². The fraction of sp³-hybridized carbons (Fsp3) is 0.368. The number of aromatic nitrogens is 2. The van der Waals surface area contributed by atoms with E-state index in [9.17, 15) is 18.8 Å². The van der Waals surface area contributed by atoms with Crippen molar-refractivity contribution in [1.82, 2.24) is 20.2 Å². The second-order valence-corrected chi connectivity index (χ2v) is 6.47. The van der Waals surface area contributed by atoms with Crippen molar-refractivity contribution in [3.8, 4) is 0 Å². The van der Waals surface area contributed by atoms with E-state index in [2.05, 4.69) is 24.8 Å². The van der Waals surface area contributed by atoms with Crippen LogP contribution in [0.15, 0.2) is 30.6 Å². The molecule has 29 heavy (non-hydrogen) atoms. The van der Waals surface area contributed by atoms with Crippen LogP contribution in [-0.4, -0.2) is 59.6 Å². The first kappa shape index (κ1) is 20.3. The number of ether oxygens (including phenoxy) is 2. The first-order valence-electron chi connectivity index (χ1n) is 8.94. The van der Waals surface area contributed by atoms with Gasteiger partial charge in [0.25, 0.3) is 0 Å². The Morgan fingerprint density at radius 2 is 2.14 bits per heavy atom. The lowest BCUT2D eigenvalue weighted by molar-refractivity contribution is -0.149. The minimum Gasteiger partial charge on any atom is -0.469 e. The summed E-state index contributed by atoms with van der Waals surface area (Å²) in [6.45, 7) is 0.300. The summed E-state index contributed by atoms with van der Waals surface area (Å²) in [7, 11) is 2.34. The van der Waals surface area contributed by atoms with Gasteiger partial charge in [-0.25, -0.2) is 19.0 Å². The van der Waals surface area contributed by atoms with Gasteiger partial charge in [-0.05, 0) is 17.7 Å². The van der Waals surface area contributed by atoms with Crippen LogP contribution in [0.1, 0.15) is 29.4 Å². The topological polar surface area (TPSA) is 114 Å². The standard InChI is InChI=1S/C19H21FN4O5/c1-28-15(25)9-14(18(26)29-2)23-19(27)24-7-6-13-16(22-10-21-13)17(24)11-4-3-5-12(20)8-11/h3-5,8,10,14,17H,6-7,9H2,1-2H3,(H,21,22)(H,23,27)/t14-,17?/m0/s1. The maximum absolute atomic E-state index is 13.8. The van der Waals surface area contributed by atoms with Crippen LogP contribution in [0.3, 0.4) is 0 Å². The lowest BCUT2D eigenvalue weighted by Crippen LogP contribution is -2.52. The van der Waals surface area contributed by atoms with Crippen molar-refractivity contribution in [2.24, 2.45) is 0 Å². The van der Waals surface area contributed by atoms with Crippen molar-refractivity contribution in [3.05, 3.63) is 53.4 Å². The molecule has 0 saturated heterocycles. The van der Waals surface area contributed by atoms with Crippen molar-refractivity contribution in [2.45, 2.75) is 24.9 Å². The van der Waals surface area contributed by atoms with Gasteiger partial charge in [0.05, 0.1) is 32.7 Å². The van der Waals surface area contributed by atoms with Crippen LogP contribution in [0.2, 0.25) is 0 Å². The molecule has 0 aliphatic carbocycles. The van der Waals surface area contributed by atoms with Gasteiger partial charge in [0, 0.05) is 18.7 Å². The summed E-state index contributed by atoms with van der Waals surface area (Å²) in [5.41, 5.74) is 1.98. The number of nitrogens with one attached hydrogen (secondary N) is 2. The number of methoxy groups -OCH3 is 2. The molecule has 0 saturated carbocycles. The number of halogens is 1. The number of esters is 2. The Morgan fingerprint density at radius 1 is 1.34 bits per heavy atom. The second kappa shape index (κ2) is 8.72. The summed E-state index contributed by atoms with van der Waals surface area (Å²) in [6.07, 6.45) is 1.66. The predicted octanol–water partition coefficient (Wildman–Crippen LogP) is 1.31. The number of H-pyrrole nitrogens is 1. The molecule has 10 heteroatoms. The number of hydrogen-bond donors (Lipinski definition) is 2. The van der Waals surface area contributed by atoms with Gasteiger partial charge in [-0.1, -0.05) is 12.1 Å². The maximum atomic E-state index is 13.8. The number of rotatable bonds is 5. The molecule has 1 aliphatic rings. The third kappa shape index (κ3) is 4.36. The monoisotopic (exact) mass is 404 g/mol. The second-order valence-electron chi connectivity index (χ2n) is 6.47. The number of carbonyl (C=O) groups is 3. The summed E-state index contributed by atoms with van der Waals surface area (Å²) in [5, 5.41) is 2.52. The minimum atomic E-state index is -1.21. The number of urea groups is 1. The maximum Gasteiger partial charge on any atom is 0.329 e. The molecule has 1 aromatic carbocycles. The van der Waals surface area contributed by atoms with Crippen LogP contribution >= 0.6 is 0 Å². The average molecular weight is 404 g/mol. The Balaban J connectivity index is 1.89. The average Bonchev–Trinajstić information content (AvgIpc) is 3.20. The quantitative estimate of drug-likeness (QED) is 0.727. The molecule has 2 heterocycles.